The Morgan fingerprint density at radius 3 is 2.67 bits per heavy atom. The average Bonchev–Trinajstić information content (AvgIpc) is 2.47. The third kappa shape index (κ3) is 3.46. The molecule has 110 valence electrons. The lowest BCUT2D eigenvalue weighted by molar-refractivity contribution is 0.258. The van der Waals surface area contributed by atoms with E-state index in [1.807, 2.05) is 18.2 Å². The van der Waals surface area contributed by atoms with E-state index in [0.29, 0.717) is 22.8 Å². The molecule has 2 aromatic carbocycles. The molecule has 0 heterocycles. The van der Waals surface area contributed by atoms with Gasteiger partial charge in [-0.1, -0.05) is 28.1 Å². The van der Waals surface area contributed by atoms with Crippen molar-refractivity contribution in [3.63, 3.8) is 0 Å². The second-order valence-electron chi connectivity index (χ2n) is 4.39. The number of nitrogens with two attached hydrogens (primary N) is 1. The summed E-state index contributed by atoms with van der Waals surface area (Å²) >= 11 is 3.34. The van der Waals surface area contributed by atoms with Crippen molar-refractivity contribution in [3.05, 3.63) is 46.9 Å². The van der Waals surface area contributed by atoms with Gasteiger partial charge in [-0.25, -0.2) is 4.79 Å². The van der Waals surface area contributed by atoms with E-state index in [-0.39, 0.29) is 6.03 Å². The van der Waals surface area contributed by atoms with Gasteiger partial charge in [-0.3, -0.25) is 4.90 Å². The number of benzene rings is 2. The Kier molecular flexibility index (Phi) is 4.70. The summed E-state index contributed by atoms with van der Waals surface area (Å²) in [5, 5.41) is 2.80. The Morgan fingerprint density at radius 1 is 1.29 bits per heavy atom. The predicted molar refractivity (Wildman–Crippen MR) is 89.0 cm³/mol. The van der Waals surface area contributed by atoms with Crippen molar-refractivity contribution in [2.24, 2.45) is 0 Å². The quantitative estimate of drug-likeness (QED) is 0.830. The summed E-state index contributed by atoms with van der Waals surface area (Å²) in [7, 11) is 3.21. The van der Waals surface area contributed by atoms with E-state index in [2.05, 4.69) is 21.2 Å². The van der Waals surface area contributed by atoms with Gasteiger partial charge in [0.15, 0.2) is 0 Å². The number of methoxy groups -OCH3 is 1. The van der Waals surface area contributed by atoms with E-state index in [1.165, 1.54) is 4.90 Å². The lowest BCUT2D eigenvalue weighted by Crippen LogP contribution is -2.31. The first kappa shape index (κ1) is 15.2. The number of carbonyl (C=O) groups excluding carboxylic acids is 1. The second kappa shape index (κ2) is 6.49. The van der Waals surface area contributed by atoms with E-state index >= 15 is 0 Å². The molecule has 0 fully saturated rings. The van der Waals surface area contributed by atoms with Crippen LogP contribution in [0.15, 0.2) is 46.9 Å². The summed E-state index contributed by atoms with van der Waals surface area (Å²) in [5.41, 5.74) is 7.68. The minimum Gasteiger partial charge on any atom is -0.495 e. The molecule has 0 atom stereocenters. The largest absolute Gasteiger partial charge is 0.495 e. The summed E-state index contributed by atoms with van der Waals surface area (Å²) in [6.45, 7) is 0. The van der Waals surface area contributed by atoms with Crippen molar-refractivity contribution in [3.8, 4) is 5.75 Å². The number of ether oxygens (including phenoxy) is 1. The average molecular weight is 350 g/mol. The Balaban J connectivity index is 2.19. The smallest absolute Gasteiger partial charge is 0.326 e. The Labute approximate surface area is 131 Å². The number of nitrogens with one attached hydrogen (secondary N) is 1. The molecule has 21 heavy (non-hydrogen) atoms. The minimum absolute atomic E-state index is 0.298. The molecule has 0 aliphatic carbocycles. The number of nitrogen functional groups attached to an aromatic ring is 1. The normalized spacial score (nSPS) is 10.0. The highest BCUT2D eigenvalue weighted by molar-refractivity contribution is 9.10. The molecular weight excluding hydrogens is 334 g/mol. The maximum absolute atomic E-state index is 12.3. The zero-order valence-corrected chi connectivity index (χ0v) is 13.3. The van der Waals surface area contributed by atoms with E-state index < -0.39 is 0 Å². The molecule has 2 rings (SSSR count). The molecule has 2 amide bonds. The monoisotopic (exact) mass is 349 g/mol. The summed E-state index contributed by atoms with van der Waals surface area (Å²) in [4.78, 5) is 13.8. The van der Waals surface area contributed by atoms with Gasteiger partial charge in [0.1, 0.15) is 5.75 Å². The van der Waals surface area contributed by atoms with E-state index in [1.54, 1.807) is 38.4 Å². The van der Waals surface area contributed by atoms with Crippen molar-refractivity contribution >= 4 is 39.0 Å². The van der Waals surface area contributed by atoms with Crippen LogP contribution in [0.5, 0.6) is 5.75 Å². The number of rotatable bonds is 3. The molecule has 5 nitrogen and oxygen atoms in total. The standard InChI is InChI=1S/C15H16BrN3O2/c1-19(13-8-7-10(16)9-11(13)17)15(20)18-12-5-3-4-6-14(12)21-2/h3-9H,17H2,1-2H3,(H,18,20). The second-order valence-corrected chi connectivity index (χ2v) is 5.31. The maximum Gasteiger partial charge on any atom is 0.326 e. The van der Waals surface area contributed by atoms with Crippen LogP contribution in [0.4, 0.5) is 21.9 Å². The van der Waals surface area contributed by atoms with Crippen molar-refractivity contribution in [1.29, 1.82) is 0 Å². The van der Waals surface area contributed by atoms with E-state index in [9.17, 15) is 4.79 Å². The predicted octanol–water partition coefficient (Wildman–Crippen LogP) is 3.71. The highest BCUT2D eigenvalue weighted by Gasteiger charge is 2.15. The van der Waals surface area contributed by atoms with Gasteiger partial charge in [-0.05, 0) is 30.3 Å². The van der Waals surface area contributed by atoms with Gasteiger partial charge in [-0.2, -0.15) is 0 Å². The number of halogens is 1. The van der Waals surface area contributed by atoms with Crippen molar-refractivity contribution in [2.45, 2.75) is 0 Å². The third-order valence-corrected chi connectivity index (χ3v) is 3.50. The molecule has 0 aromatic heterocycles. The summed E-state index contributed by atoms with van der Waals surface area (Å²) in [5.74, 6) is 0.600. The molecule has 0 aliphatic heterocycles. The number of hydrogen-bond donors (Lipinski definition) is 2. The zero-order valence-electron chi connectivity index (χ0n) is 11.8. The first-order valence-electron chi connectivity index (χ1n) is 6.25. The summed E-state index contributed by atoms with van der Waals surface area (Å²) in [6.07, 6.45) is 0. The molecule has 0 aliphatic rings. The molecule has 0 radical (unpaired) electrons. The highest BCUT2D eigenvalue weighted by Crippen LogP contribution is 2.28. The number of hydrogen-bond acceptors (Lipinski definition) is 3. The van der Waals surface area contributed by atoms with Crippen molar-refractivity contribution < 1.29 is 9.53 Å². The summed E-state index contributed by atoms with van der Waals surface area (Å²) in [6, 6.07) is 12.3. The van der Waals surface area contributed by atoms with Crippen LogP contribution in [0.2, 0.25) is 0 Å². The van der Waals surface area contributed by atoms with Crippen LogP contribution in [0.25, 0.3) is 0 Å². The Morgan fingerprint density at radius 2 is 2.00 bits per heavy atom. The van der Waals surface area contributed by atoms with Crippen LogP contribution < -0.4 is 20.7 Å². The number of para-hydroxylation sites is 2. The number of carbonyl (C=O) groups is 1. The fraction of sp³-hybridized carbons (Fsp3) is 0.133. The Hall–Kier alpha value is -2.21. The molecule has 0 saturated carbocycles. The van der Waals surface area contributed by atoms with Gasteiger partial charge in [0, 0.05) is 11.5 Å². The molecule has 0 bridgehead atoms. The van der Waals surface area contributed by atoms with Gasteiger partial charge in [-0.15, -0.1) is 0 Å². The molecule has 0 spiro atoms. The maximum atomic E-state index is 12.3. The first-order valence-corrected chi connectivity index (χ1v) is 7.05. The van der Waals surface area contributed by atoms with Gasteiger partial charge in [0.25, 0.3) is 0 Å². The Bertz CT molecular complexity index is 661. The van der Waals surface area contributed by atoms with Gasteiger partial charge in [0.2, 0.25) is 0 Å². The lowest BCUT2D eigenvalue weighted by Gasteiger charge is -2.20. The number of anilines is 3. The van der Waals surface area contributed by atoms with E-state index in [4.69, 9.17) is 10.5 Å². The molecule has 6 heteroatoms. The lowest BCUT2D eigenvalue weighted by atomic mass is 10.2. The van der Waals surface area contributed by atoms with Crippen LogP contribution in [0.3, 0.4) is 0 Å². The van der Waals surface area contributed by atoms with Crippen LogP contribution in [0, 0.1) is 0 Å². The van der Waals surface area contributed by atoms with Crippen LogP contribution >= 0.6 is 15.9 Å². The molecular formula is C15H16BrN3O2. The number of urea groups is 1. The minimum atomic E-state index is -0.298. The van der Waals surface area contributed by atoms with E-state index in [0.717, 1.165) is 4.47 Å². The van der Waals surface area contributed by atoms with Crippen molar-refractivity contribution in [2.75, 3.05) is 30.1 Å². The number of amides is 2. The van der Waals surface area contributed by atoms with Crippen LogP contribution in [-0.2, 0) is 0 Å². The van der Waals surface area contributed by atoms with Gasteiger partial charge >= 0.3 is 6.03 Å². The first-order chi connectivity index (χ1) is 10.0. The molecule has 0 unspecified atom stereocenters. The summed E-state index contributed by atoms with van der Waals surface area (Å²) < 4.78 is 6.07. The zero-order chi connectivity index (χ0) is 15.4. The molecule has 3 N–H and O–H groups in total. The molecule has 0 saturated heterocycles. The van der Waals surface area contributed by atoms with Gasteiger partial charge < -0.3 is 15.8 Å². The SMILES string of the molecule is COc1ccccc1NC(=O)N(C)c1ccc(Br)cc1N. The topological polar surface area (TPSA) is 67.6 Å². The fourth-order valence-electron chi connectivity index (χ4n) is 1.89. The molecule has 2 aromatic rings. The number of nitrogens with zero attached hydrogens (tertiary/aromatic N) is 1. The third-order valence-electron chi connectivity index (χ3n) is 3.00. The fourth-order valence-corrected chi connectivity index (χ4v) is 2.27. The highest BCUT2D eigenvalue weighted by atomic mass is 79.9. The van der Waals surface area contributed by atoms with Gasteiger partial charge in [0.05, 0.1) is 24.2 Å². The van der Waals surface area contributed by atoms with Crippen LogP contribution in [-0.4, -0.2) is 20.2 Å². The van der Waals surface area contributed by atoms with Crippen molar-refractivity contribution in [1.82, 2.24) is 0 Å². The van der Waals surface area contributed by atoms with Crippen LogP contribution in [0.1, 0.15) is 0 Å².